The molecule has 1 amide bonds. The number of nitrogens with zero attached hydrogens (tertiary/aromatic N) is 4. The molecule has 26 heavy (non-hydrogen) atoms. The number of carbonyl (C=O) groups is 1. The van der Waals surface area contributed by atoms with E-state index in [0.29, 0.717) is 17.2 Å². The van der Waals surface area contributed by atoms with Crippen LogP contribution in [0.1, 0.15) is 33.5 Å². The summed E-state index contributed by atoms with van der Waals surface area (Å²) in [5, 5.41) is 15.6. The highest BCUT2D eigenvalue weighted by Gasteiger charge is 2.30. The smallest absolute Gasteiger partial charge is 0.296 e. The molecule has 0 unspecified atom stereocenters. The van der Waals surface area contributed by atoms with E-state index >= 15 is 0 Å². The van der Waals surface area contributed by atoms with Crippen molar-refractivity contribution in [3.8, 4) is 5.69 Å². The number of hydrogen-bond donors (Lipinski definition) is 1. The van der Waals surface area contributed by atoms with Gasteiger partial charge in [0.05, 0.1) is 28.7 Å². The Morgan fingerprint density at radius 1 is 1.31 bits per heavy atom. The quantitative estimate of drug-likeness (QED) is 0.745. The van der Waals surface area contributed by atoms with Crippen LogP contribution in [-0.2, 0) is 12.6 Å². The third kappa shape index (κ3) is 3.59. The van der Waals surface area contributed by atoms with Crippen molar-refractivity contribution in [3.05, 3.63) is 52.3 Å². The van der Waals surface area contributed by atoms with Crippen molar-refractivity contribution in [2.24, 2.45) is 0 Å². The van der Waals surface area contributed by atoms with Crippen molar-refractivity contribution in [2.75, 3.05) is 5.32 Å². The van der Waals surface area contributed by atoms with Crippen LogP contribution in [0.2, 0.25) is 0 Å². The Kier molecular flexibility index (Phi) is 4.77. The molecule has 1 N–H and O–H groups in total. The highest BCUT2D eigenvalue weighted by atomic mass is 32.1. The van der Waals surface area contributed by atoms with E-state index in [-0.39, 0.29) is 11.3 Å². The fourth-order valence-corrected chi connectivity index (χ4v) is 2.99. The van der Waals surface area contributed by atoms with Crippen molar-refractivity contribution in [1.82, 2.24) is 20.0 Å². The number of aromatic nitrogens is 4. The number of halogens is 3. The molecule has 136 valence electrons. The minimum atomic E-state index is -4.45. The minimum Gasteiger partial charge on any atom is -0.296 e. The number of rotatable bonds is 4. The predicted octanol–water partition coefficient (Wildman–Crippen LogP) is 3.87. The summed E-state index contributed by atoms with van der Waals surface area (Å²) >= 11 is 1.26. The molecule has 2 aromatic heterocycles. The molecule has 3 aromatic rings. The molecule has 3 rings (SSSR count). The number of hydrogen-bond acceptors (Lipinski definition) is 5. The molecule has 0 aliphatic heterocycles. The number of carbonyl (C=O) groups excluding carboxylic acids is 1. The van der Waals surface area contributed by atoms with Crippen LogP contribution in [-0.4, -0.2) is 25.9 Å². The molecule has 6 nitrogen and oxygen atoms in total. The number of anilines is 1. The molecular formula is C16H14F3N5OS. The van der Waals surface area contributed by atoms with Gasteiger partial charge in [-0.25, -0.2) is 4.68 Å². The molecule has 2 heterocycles. The third-order valence-corrected chi connectivity index (χ3v) is 4.65. The Morgan fingerprint density at radius 2 is 2.08 bits per heavy atom. The van der Waals surface area contributed by atoms with Gasteiger partial charge in [-0.15, -0.1) is 10.2 Å². The molecule has 0 fully saturated rings. The van der Waals surface area contributed by atoms with Gasteiger partial charge in [-0.3, -0.25) is 10.1 Å². The molecular weight excluding hydrogens is 367 g/mol. The van der Waals surface area contributed by atoms with Crippen LogP contribution >= 0.6 is 11.3 Å². The number of nitrogens with one attached hydrogen (secondary N) is 1. The van der Waals surface area contributed by atoms with Crippen LogP contribution in [0.3, 0.4) is 0 Å². The number of alkyl halides is 3. The van der Waals surface area contributed by atoms with Crippen molar-refractivity contribution in [3.63, 3.8) is 0 Å². The molecule has 0 saturated carbocycles. The fraction of sp³-hybridized carbons (Fsp3) is 0.250. The topological polar surface area (TPSA) is 72.7 Å². The zero-order valence-corrected chi connectivity index (χ0v) is 14.6. The van der Waals surface area contributed by atoms with Gasteiger partial charge in [0.2, 0.25) is 5.13 Å². The summed E-state index contributed by atoms with van der Waals surface area (Å²) < 4.78 is 40.0. The second-order valence-corrected chi connectivity index (χ2v) is 6.47. The first kappa shape index (κ1) is 18.1. The Labute approximate surface area is 150 Å². The summed E-state index contributed by atoms with van der Waals surface area (Å²) in [6, 6.07) is 4.76. The van der Waals surface area contributed by atoms with Crippen molar-refractivity contribution in [1.29, 1.82) is 0 Å². The van der Waals surface area contributed by atoms with E-state index in [0.717, 1.165) is 17.1 Å². The SMILES string of the molecule is CCc1nnc(NC(=O)c2cnn(-c3cccc(C(F)(F)F)c3)c2C)s1. The van der Waals surface area contributed by atoms with Gasteiger partial charge in [-0.1, -0.05) is 24.3 Å². The van der Waals surface area contributed by atoms with Gasteiger partial charge in [-0.05, 0) is 31.5 Å². The maximum atomic E-state index is 12.9. The summed E-state index contributed by atoms with van der Waals surface area (Å²) in [4.78, 5) is 12.4. The highest BCUT2D eigenvalue weighted by Crippen LogP contribution is 2.30. The van der Waals surface area contributed by atoms with Crippen LogP contribution in [0.15, 0.2) is 30.5 Å². The molecule has 0 saturated heterocycles. The van der Waals surface area contributed by atoms with E-state index < -0.39 is 17.6 Å². The van der Waals surface area contributed by atoms with E-state index in [4.69, 9.17) is 0 Å². The number of aryl methyl sites for hydroxylation is 1. The molecule has 0 spiro atoms. The van der Waals surface area contributed by atoms with Gasteiger partial charge >= 0.3 is 6.18 Å². The molecule has 0 aliphatic carbocycles. The Morgan fingerprint density at radius 3 is 2.73 bits per heavy atom. The lowest BCUT2D eigenvalue weighted by Crippen LogP contribution is -2.13. The molecule has 0 bridgehead atoms. The van der Waals surface area contributed by atoms with E-state index in [1.807, 2.05) is 6.92 Å². The number of benzene rings is 1. The Hall–Kier alpha value is -2.75. The Bertz CT molecular complexity index is 948. The van der Waals surface area contributed by atoms with Crippen LogP contribution < -0.4 is 5.32 Å². The lowest BCUT2D eigenvalue weighted by molar-refractivity contribution is -0.137. The van der Waals surface area contributed by atoms with Crippen molar-refractivity contribution in [2.45, 2.75) is 26.4 Å². The second-order valence-electron chi connectivity index (χ2n) is 5.41. The van der Waals surface area contributed by atoms with Gasteiger partial charge in [0, 0.05) is 0 Å². The standard InChI is InChI=1S/C16H14F3N5OS/c1-3-13-22-23-15(26-13)21-14(25)12-8-20-24(9(12)2)11-6-4-5-10(7-11)16(17,18)19/h4-8H,3H2,1-2H3,(H,21,23,25). The van der Waals surface area contributed by atoms with E-state index in [9.17, 15) is 18.0 Å². The van der Waals surface area contributed by atoms with E-state index in [1.54, 1.807) is 6.92 Å². The maximum Gasteiger partial charge on any atom is 0.416 e. The van der Waals surface area contributed by atoms with Crippen LogP contribution in [0.4, 0.5) is 18.3 Å². The van der Waals surface area contributed by atoms with E-state index in [1.165, 1.54) is 34.3 Å². The summed E-state index contributed by atoms with van der Waals surface area (Å²) in [6.07, 6.45) is -2.43. The third-order valence-electron chi connectivity index (χ3n) is 3.66. The van der Waals surface area contributed by atoms with Gasteiger partial charge in [0.15, 0.2) is 0 Å². The van der Waals surface area contributed by atoms with Gasteiger partial charge in [-0.2, -0.15) is 18.3 Å². The van der Waals surface area contributed by atoms with Gasteiger partial charge < -0.3 is 0 Å². The molecule has 0 atom stereocenters. The zero-order chi connectivity index (χ0) is 18.9. The van der Waals surface area contributed by atoms with Gasteiger partial charge in [0.1, 0.15) is 5.01 Å². The lowest BCUT2D eigenvalue weighted by Gasteiger charge is -2.10. The van der Waals surface area contributed by atoms with Crippen molar-refractivity contribution >= 4 is 22.4 Å². The molecule has 0 radical (unpaired) electrons. The van der Waals surface area contributed by atoms with Crippen LogP contribution in [0.25, 0.3) is 5.69 Å². The molecule has 10 heteroatoms. The average molecular weight is 381 g/mol. The zero-order valence-electron chi connectivity index (χ0n) is 13.8. The summed E-state index contributed by atoms with van der Waals surface area (Å²) in [5.74, 6) is -0.445. The van der Waals surface area contributed by atoms with Crippen molar-refractivity contribution < 1.29 is 18.0 Å². The predicted molar refractivity (Wildman–Crippen MR) is 90.5 cm³/mol. The lowest BCUT2D eigenvalue weighted by atomic mass is 10.2. The first-order valence-corrected chi connectivity index (χ1v) is 8.47. The van der Waals surface area contributed by atoms with Crippen LogP contribution in [0, 0.1) is 6.92 Å². The van der Waals surface area contributed by atoms with Gasteiger partial charge in [0.25, 0.3) is 5.91 Å². The minimum absolute atomic E-state index is 0.223. The monoisotopic (exact) mass is 381 g/mol. The highest BCUT2D eigenvalue weighted by molar-refractivity contribution is 7.15. The largest absolute Gasteiger partial charge is 0.416 e. The summed E-state index contributed by atoms with van der Waals surface area (Å²) in [7, 11) is 0. The average Bonchev–Trinajstić information content (AvgIpc) is 3.20. The fourth-order valence-electron chi connectivity index (χ4n) is 2.32. The van der Waals surface area contributed by atoms with E-state index in [2.05, 4.69) is 20.6 Å². The Balaban J connectivity index is 1.87. The first-order valence-electron chi connectivity index (χ1n) is 7.65. The second kappa shape index (κ2) is 6.87. The normalized spacial score (nSPS) is 11.6. The van der Waals surface area contributed by atoms with Crippen LogP contribution in [0.5, 0.6) is 0 Å². The molecule has 0 aliphatic rings. The number of amides is 1. The first-order chi connectivity index (χ1) is 12.3. The summed E-state index contributed by atoms with van der Waals surface area (Å²) in [6.45, 7) is 3.54. The maximum absolute atomic E-state index is 12.9. The summed E-state index contributed by atoms with van der Waals surface area (Å²) in [5.41, 5.74) is 0.107. The molecule has 1 aromatic carbocycles.